The van der Waals surface area contributed by atoms with Crippen molar-refractivity contribution in [2.24, 2.45) is 0 Å². The number of halogens is 1. The highest BCUT2D eigenvalue weighted by atomic mass is 19.1. The van der Waals surface area contributed by atoms with E-state index in [-0.39, 0.29) is 18.7 Å². The maximum absolute atomic E-state index is 13.0. The lowest BCUT2D eigenvalue weighted by Gasteiger charge is -2.05. The molecule has 0 bridgehead atoms. The van der Waals surface area contributed by atoms with E-state index in [4.69, 9.17) is 4.74 Å². The summed E-state index contributed by atoms with van der Waals surface area (Å²) in [7, 11) is 0. The normalized spacial score (nSPS) is 10.1. The van der Waals surface area contributed by atoms with Gasteiger partial charge in [-0.05, 0) is 23.3 Å². The molecule has 0 aromatic heterocycles. The monoisotopic (exact) mass is 289 g/mol. The van der Waals surface area contributed by atoms with Crippen LogP contribution in [0.2, 0.25) is 0 Å². The van der Waals surface area contributed by atoms with E-state index in [1.165, 1.54) is 36.4 Å². The van der Waals surface area contributed by atoms with Gasteiger partial charge in [0.25, 0.3) is 5.69 Å². The zero-order valence-corrected chi connectivity index (χ0v) is 11.0. The van der Waals surface area contributed by atoms with Crippen LogP contribution in [-0.4, -0.2) is 10.9 Å². The maximum atomic E-state index is 13.0. The summed E-state index contributed by atoms with van der Waals surface area (Å²) in [6.07, 6.45) is -0.0489. The molecule has 0 aliphatic carbocycles. The van der Waals surface area contributed by atoms with Crippen LogP contribution in [0.15, 0.2) is 48.5 Å². The van der Waals surface area contributed by atoms with Crippen LogP contribution in [0, 0.1) is 15.9 Å². The molecule has 0 atom stereocenters. The minimum atomic E-state index is -0.521. The summed E-state index contributed by atoms with van der Waals surface area (Å²) in [5, 5.41) is 10.6. The zero-order chi connectivity index (χ0) is 15.2. The van der Waals surface area contributed by atoms with Gasteiger partial charge >= 0.3 is 5.97 Å². The van der Waals surface area contributed by atoms with Crippen molar-refractivity contribution in [3.05, 3.63) is 75.6 Å². The van der Waals surface area contributed by atoms with Crippen LogP contribution in [-0.2, 0) is 22.6 Å². The summed E-state index contributed by atoms with van der Waals surface area (Å²) in [6.45, 7) is -0.0597. The number of nitrogens with zero attached hydrogens (tertiary/aromatic N) is 1. The van der Waals surface area contributed by atoms with Crippen LogP contribution in [0.4, 0.5) is 10.1 Å². The number of nitro benzene ring substituents is 1. The second-order valence-electron chi connectivity index (χ2n) is 4.39. The molecule has 0 unspecified atom stereocenters. The Balaban J connectivity index is 1.92. The van der Waals surface area contributed by atoms with Crippen molar-refractivity contribution in [2.75, 3.05) is 0 Å². The molecule has 0 amide bonds. The summed E-state index contributed by atoms with van der Waals surface area (Å²) >= 11 is 0. The quantitative estimate of drug-likeness (QED) is 0.482. The van der Waals surface area contributed by atoms with Gasteiger partial charge in [-0.3, -0.25) is 14.9 Å². The fraction of sp³-hybridized carbons (Fsp3) is 0.133. The van der Waals surface area contributed by atoms with E-state index in [1.807, 2.05) is 0 Å². The third-order valence-corrected chi connectivity index (χ3v) is 2.76. The van der Waals surface area contributed by atoms with E-state index in [2.05, 4.69) is 0 Å². The fourth-order valence-corrected chi connectivity index (χ4v) is 1.79. The summed E-state index contributed by atoms with van der Waals surface area (Å²) in [5.74, 6) is -0.939. The van der Waals surface area contributed by atoms with E-state index in [0.717, 1.165) is 0 Å². The molecule has 0 spiro atoms. The summed E-state index contributed by atoms with van der Waals surface area (Å²) in [6, 6.07) is 11.5. The van der Waals surface area contributed by atoms with Gasteiger partial charge < -0.3 is 4.74 Å². The number of carbonyl (C=O) groups excluding carboxylic acids is 1. The van der Waals surface area contributed by atoms with Crippen LogP contribution in [0.5, 0.6) is 0 Å². The molecule has 0 fully saturated rings. The standard InChI is InChI=1S/C15H12FNO4/c16-13-5-1-3-11(7-13)9-15(18)21-10-12-4-2-6-14(8-12)17(19)20/h1-8H,9-10H2. The zero-order valence-electron chi connectivity index (χ0n) is 11.0. The Morgan fingerprint density at radius 2 is 1.86 bits per heavy atom. The second kappa shape index (κ2) is 6.60. The lowest BCUT2D eigenvalue weighted by atomic mass is 10.1. The average molecular weight is 289 g/mol. The first kappa shape index (κ1) is 14.6. The lowest BCUT2D eigenvalue weighted by Crippen LogP contribution is -2.08. The minimum Gasteiger partial charge on any atom is -0.461 e. The van der Waals surface area contributed by atoms with Crippen molar-refractivity contribution in [1.82, 2.24) is 0 Å². The number of esters is 1. The minimum absolute atomic E-state index is 0.0489. The number of ether oxygens (including phenoxy) is 1. The fourth-order valence-electron chi connectivity index (χ4n) is 1.79. The molecule has 0 saturated heterocycles. The van der Waals surface area contributed by atoms with Gasteiger partial charge in [-0.25, -0.2) is 4.39 Å². The molecule has 0 aliphatic rings. The molecular formula is C15H12FNO4. The topological polar surface area (TPSA) is 69.4 Å². The summed E-state index contributed by atoms with van der Waals surface area (Å²) in [5.41, 5.74) is 0.976. The van der Waals surface area contributed by atoms with Crippen LogP contribution < -0.4 is 0 Å². The third-order valence-electron chi connectivity index (χ3n) is 2.76. The summed E-state index contributed by atoms with van der Waals surface area (Å²) in [4.78, 5) is 21.7. The van der Waals surface area contributed by atoms with Gasteiger partial charge in [-0.15, -0.1) is 0 Å². The first-order valence-corrected chi connectivity index (χ1v) is 6.18. The average Bonchev–Trinajstić information content (AvgIpc) is 2.45. The van der Waals surface area contributed by atoms with Crippen molar-refractivity contribution in [3.8, 4) is 0 Å². The number of benzene rings is 2. The van der Waals surface area contributed by atoms with Crippen LogP contribution in [0.3, 0.4) is 0 Å². The van der Waals surface area contributed by atoms with Crippen LogP contribution in [0.1, 0.15) is 11.1 Å². The van der Waals surface area contributed by atoms with E-state index in [9.17, 15) is 19.3 Å². The highest BCUT2D eigenvalue weighted by Gasteiger charge is 2.09. The maximum Gasteiger partial charge on any atom is 0.310 e. The first-order chi connectivity index (χ1) is 10.0. The Labute approximate surface area is 120 Å². The predicted octanol–water partition coefficient (Wildman–Crippen LogP) is 3.02. The molecule has 0 heterocycles. The number of rotatable bonds is 5. The molecular weight excluding hydrogens is 277 g/mol. The van der Waals surface area contributed by atoms with Gasteiger partial charge in [0.05, 0.1) is 11.3 Å². The van der Waals surface area contributed by atoms with Gasteiger partial charge in [0.15, 0.2) is 0 Å². The largest absolute Gasteiger partial charge is 0.461 e. The number of carbonyl (C=O) groups is 1. The van der Waals surface area contributed by atoms with Gasteiger partial charge in [0.1, 0.15) is 12.4 Å². The van der Waals surface area contributed by atoms with E-state index in [0.29, 0.717) is 11.1 Å². The number of hydrogen-bond donors (Lipinski definition) is 0. The number of nitro groups is 1. The Kier molecular flexibility index (Phi) is 4.61. The molecule has 0 aliphatic heterocycles. The molecule has 2 aromatic rings. The Hall–Kier alpha value is -2.76. The molecule has 0 saturated carbocycles. The first-order valence-electron chi connectivity index (χ1n) is 6.18. The molecule has 21 heavy (non-hydrogen) atoms. The Bertz CT molecular complexity index is 672. The number of hydrogen-bond acceptors (Lipinski definition) is 4. The van der Waals surface area contributed by atoms with Crippen LogP contribution >= 0.6 is 0 Å². The molecule has 108 valence electrons. The van der Waals surface area contributed by atoms with E-state index >= 15 is 0 Å². The molecule has 2 rings (SSSR count). The third kappa shape index (κ3) is 4.38. The number of non-ortho nitro benzene ring substituents is 1. The molecule has 0 N–H and O–H groups in total. The van der Waals surface area contributed by atoms with Crippen molar-refractivity contribution in [3.63, 3.8) is 0 Å². The SMILES string of the molecule is O=C(Cc1cccc(F)c1)OCc1cccc([N+](=O)[O-])c1. The Morgan fingerprint density at radius 1 is 1.14 bits per heavy atom. The molecule has 6 heteroatoms. The van der Waals surface area contributed by atoms with Crippen molar-refractivity contribution >= 4 is 11.7 Å². The highest BCUT2D eigenvalue weighted by molar-refractivity contribution is 5.72. The van der Waals surface area contributed by atoms with Gasteiger partial charge in [-0.2, -0.15) is 0 Å². The van der Waals surface area contributed by atoms with Gasteiger partial charge in [0.2, 0.25) is 0 Å². The van der Waals surface area contributed by atoms with Gasteiger partial charge in [0, 0.05) is 12.1 Å². The van der Waals surface area contributed by atoms with Crippen LogP contribution in [0.25, 0.3) is 0 Å². The van der Waals surface area contributed by atoms with E-state index < -0.39 is 16.7 Å². The molecule has 0 radical (unpaired) electrons. The smallest absolute Gasteiger partial charge is 0.310 e. The van der Waals surface area contributed by atoms with E-state index in [1.54, 1.807) is 12.1 Å². The Morgan fingerprint density at radius 3 is 2.57 bits per heavy atom. The summed E-state index contributed by atoms with van der Waals surface area (Å²) < 4.78 is 18.0. The second-order valence-corrected chi connectivity index (χ2v) is 4.39. The molecule has 2 aromatic carbocycles. The predicted molar refractivity (Wildman–Crippen MR) is 73.0 cm³/mol. The van der Waals surface area contributed by atoms with Gasteiger partial charge in [-0.1, -0.05) is 24.3 Å². The van der Waals surface area contributed by atoms with Crippen molar-refractivity contribution in [2.45, 2.75) is 13.0 Å². The lowest BCUT2D eigenvalue weighted by molar-refractivity contribution is -0.384. The van der Waals surface area contributed by atoms with Crippen molar-refractivity contribution in [1.29, 1.82) is 0 Å². The highest BCUT2D eigenvalue weighted by Crippen LogP contribution is 2.14. The van der Waals surface area contributed by atoms with Crippen molar-refractivity contribution < 1.29 is 18.8 Å². The molecule has 5 nitrogen and oxygen atoms in total.